The van der Waals surface area contributed by atoms with Crippen LogP contribution in [0.4, 0.5) is 0 Å². The van der Waals surface area contributed by atoms with Crippen molar-refractivity contribution in [1.82, 2.24) is 10.2 Å². The molecule has 0 unspecified atom stereocenters. The largest absolute Gasteiger partial charge is 0.481 e. The van der Waals surface area contributed by atoms with Crippen LogP contribution in [-0.4, -0.2) is 21.3 Å². The number of carboxylic acids is 1. The summed E-state index contributed by atoms with van der Waals surface area (Å²) in [6.45, 7) is 0. The highest BCUT2D eigenvalue weighted by Crippen LogP contribution is 2.33. The Balaban J connectivity index is 1.71. The van der Waals surface area contributed by atoms with Gasteiger partial charge in [-0.1, -0.05) is 18.2 Å². The molecule has 0 radical (unpaired) electrons. The minimum absolute atomic E-state index is 0.177. The number of hydrogen-bond donors (Lipinski definition) is 1. The Hall–Kier alpha value is -2.21. The molecule has 0 spiro atoms. The first-order valence-electron chi connectivity index (χ1n) is 6.75. The van der Waals surface area contributed by atoms with E-state index in [4.69, 9.17) is 9.52 Å². The molecule has 2 heterocycles. The lowest BCUT2D eigenvalue weighted by Gasteiger charge is -1.94. The van der Waals surface area contributed by atoms with Crippen molar-refractivity contribution in [2.24, 2.45) is 0 Å². The van der Waals surface area contributed by atoms with E-state index >= 15 is 0 Å². The van der Waals surface area contributed by atoms with Crippen LogP contribution in [-0.2, 0) is 11.2 Å². The molecule has 5 nitrogen and oxygen atoms in total. The summed E-state index contributed by atoms with van der Waals surface area (Å²) >= 11 is 1.65. The molecule has 0 atom stereocenters. The fourth-order valence-electron chi connectivity index (χ4n) is 2.16. The number of carbonyl (C=O) groups is 1. The van der Waals surface area contributed by atoms with E-state index in [2.05, 4.69) is 16.3 Å². The van der Waals surface area contributed by atoms with E-state index < -0.39 is 5.97 Å². The standard InChI is InChI=1S/C15H14N2O3S/c18-14(19)8-4-3-7-13-16-17-15(20-13)11-9-21-12-6-2-1-5-10(11)12/h1-2,5-6,9H,3-4,7-8H2,(H,18,19). The zero-order chi connectivity index (χ0) is 14.7. The predicted molar refractivity (Wildman–Crippen MR) is 80.3 cm³/mol. The molecule has 108 valence electrons. The highest BCUT2D eigenvalue weighted by molar-refractivity contribution is 7.17. The summed E-state index contributed by atoms with van der Waals surface area (Å²) in [4.78, 5) is 10.4. The fourth-order valence-corrected chi connectivity index (χ4v) is 3.09. The van der Waals surface area contributed by atoms with Crippen molar-refractivity contribution in [2.75, 3.05) is 0 Å². The van der Waals surface area contributed by atoms with Crippen LogP contribution in [0.25, 0.3) is 21.5 Å². The van der Waals surface area contributed by atoms with Crippen LogP contribution < -0.4 is 0 Å². The quantitative estimate of drug-likeness (QED) is 0.702. The molecule has 21 heavy (non-hydrogen) atoms. The Labute approximate surface area is 125 Å². The molecule has 0 aliphatic rings. The van der Waals surface area contributed by atoms with Crippen LogP contribution >= 0.6 is 11.3 Å². The molecule has 2 aromatic heterocycles. The number of unbranched alkanes of at least 4 members (excludes halogenated alkanes) is 1. The van der Waals surface area contributed by atoms with Gasteiger partial charge in [0.05, 0.1) is 5.56 Å². The molecule has 3 rings (SSSR count). The Morgan fingerprint density at radius 2 is 2.10 bits per heavy atom. The van der Waals surface area contributed by atoms with Crippen molar-refractivity contribution in [3.8, 4) is 11.5 Å². The lowest BCUT2D eigenvalue weighted by atomic mass is 10.2. The number of hydrogen-bond acceptors (Lipinski definition) is 5. The van der Waals surface area contributed by atoms with E-state index in [0.717, 1.165) is 17.4 Å². The van der Waals surface area contributed by atoms with Crippen LogP contribution in [0.3, 0.4) is 0 Å². The van der Waals surface area contributed by atoms with Gasteiger partial charge in [0, 0.05) is 28.3 Å². The molecule has 3 aromatic rings. The molecule has 0 aliphatic heterocycles. The second kappa shape index (κ2) is 6.05. The van der Waals surface area contributed by atoms with Gasteiger partial charge in [0.1, 0.15) is 0 Å². The van der Waals surface area contributed by atoms with Gasteiger partial charge in [0.25, 0.3) is 0 Å². The molecule has 0 fully saturated rings. The predicted octanol–water partition coefficient (Wildman–Crippen LogP) is 3.75. The Morgan fingerprint density at radius 3 is 2.95 bits per heavy atom. The summed E-state index contributed by atoms with van der Waals surface area (Å²) in [7, 11) is 0. The first-order valence-corrected chi connectivity index (χ1v) is 7.63. The lowest BCUT2D eigenvalue weighted by molar-refractivity contribution is -0.137. The second-order valence-corrected chi connectivity index (χ2v) is 5.66. The van der Waals surface area contributed by atoms with Crippen molar-refractivity contribution in [2.45, 2.75) is 25.7 Å². The smallest absolute Gasteiger partial charge is 0.303 e. The number of aryl methyl sites for hydroxylation is 1. The van der Waals surface area contributed by atoms with Gasteiger partial charge >= 0.3 is 5.97 Å². The van der Waals surface area contributed by atoms with Crippen LogP contribution in [0, 0.1) is 0 Å². The van der Waals surface area contributed by atoms with Crippen molar-refractivity contribution >= 4 is 27.4 Å². The van der Waals surface area contributed by atoms with Crippen LogP contribution in [0.5, 0.6) is 0 Å². The number of aromatic nitrogens is 2. The van der Waals surface area contributed by atoms with Crippen molar-refractivity contribution in [3.63, 3.8) is 0 Å². The zero-order valence-electron chi connectivity index (χ0n) is 11.3. The highest BCUT2D eigenvalue weighted by Gasteiger charge is 2.13. The maximum absolute atomic E-state index is 10.4. The summed E-state index contributed by atoms with van der Waals surface area (Å²) in [6, 6.07) is 8.09. The van der Waals surface area contributed by atoms with Gasteiger partial charge < -0.3 is 9.52 Å². The van der Waals surface area contributed by atoms with Crippen molar-refractivity contribution in [3.05, 3.63) is 35.5 Å². The third-order valence-corrected chi connectivity index (χ3v) is 4.17. The van der Waals surface area contributed by atoms with Crippen LogP contribution in [0.1, 0.15) is 25.2 Å². The molecule has 1 aromatic carbocycles. The van der Waals surface area contributed by atoms with E-state index in [9.17, 15) is 4.79 Å². The van der Waals surface area contributed by atoms with E-state index in [1.165, 1.54) is 4.70 Å². The first-order chi connectivity index (χ1) is 10.2. The molecule has 0 saturated heterocycles. The van der Waals surface area contributed by atoms with Crippen molar-refractivity contribution in [1.29, 1.82) is 0 Å². The molecule has 0 bridgehead atoms. The van der Waals surface area contributed by atoms with Crippen molar-refractivity contribution < 1.29 is 14.3 Å². The number of aliphatic carboxylic acids is 1. The maximum Gasteiger partial charge on any atom is 0.303 e. The number of rotatable bonds is 6. The lowest BCUT2D eigenvalue weighted by Crippen LogP contribution is -1.95. The number of nitrogens with zero attached hydrogens (tertiary/aromatic N) is 2. The Morgan fingerprint density at radius 1 is 1.24 bits per heavy atom. The Bertz CT molecular complexity index is 763. The van der Waals surface area contributed by atoms with Gasteiger partial charge in [-0.05, 0) is 18.9 Å². The van der Waals surface area contributed by atoms with E-state index in [1.54, 1.807) is 11.3 Å². The third-order valence-electron chi connectivity index (χ3n) is 3.21. The average Bonchev–Trinajstić information content (AvgIpc) is 3.09. The number of carboxylic acid groups (broad SMARTS) is 1. The highest BCUT2D eigenvalue weighted by atomic mass is 32.1. The Kier molecular flexibility index (Phi) is 3.96. The van der Waals surface area contributed by atoms with Gasteiger partial charge in [0.15, 0.2) is 0 Å². The maximum atomic E-state index is 10.4. The summed E-state index contributed by atoms with van der Waals surface area (Å²) in [5.74, 6) is 0.317. The first kappa shape index (κ1) is 13.8. The summed E-state index contributed by atoms with van der Waals surface area (Å²) in [5.41, 5.74) is 0.958. The number of thiophene rings is 1. The van der Waals surface area contributed by atoms with Gasteiger partial charge in [-0.25, -0.2) is 0 Å². The monoisotopic (exact) mass is 302 g/mol. The van der Waals surface area contributed by atoms with E-state index in [-0.39, 0.29) is 6.42 Å². The van der Waals surface area contributed by atoms with Gasteiger partial charge in [0.2, 0.25) is 11.8 Å². The molecule has 0 aliphatic carbocycles. The normalized spacial score (nSPS) is 11.0. The molecular weight excluding hydrogens is 288 g/mol. The topological polar surface area (TPSA) is 76.2 Å². The summed E-state index contributed by atoms with van der Waals surface area (Å²) in [5, 5.41) is 19.9. The van der Waals surface area contributed by atoms with E-state index in [1.807, 2.05) is 23.6 Å². The van der Waals surface area contributed by atoms with Gasteiger partial charge in [-0.15, -0.1) is 21.5 Å². The molecule has 0 amide bonds. The fraction of sp³-hybridized carbons (Fsp3) is 0.267. The second-order valence-electron chi connectivity index (χ2n) is 4.75. The molecule has 0 saturated carbocycles. The minimum Gasteiger partial charge on any atom is -0.481 e. The van der Waals surface area contributed by atoms with E-state index in [0.29, 0.717) is 24.6 Å². The molecule has 1 N–H and O–H groups in total. The summed E-state index contributed by atoms with van der Waals surface area (Å²) < 4.78 is 6.87. The van der Waals surface area contributed by atoms with Gasteiger partial charge in [-0.3, -0.25) is 4.79 Å². The van der Waals surface area contributed by atoms with Crippen LogP contribution in [0.2, 0.25) is 0 Å². The summed E-state index contributed by atoms with van der Waals surface area (Å²) in [6.07, 6.45) is 2.14. The average molecular weight is 302 g/mol. The third kappa shape index (κ3) is 3.11. The minimum atomic E-state index is -0.772. The zero-order valence-corrected chi connectivity index (χ0v) is 12.1. The number of benzene rings is 1. The SMILES string of the molecule is O=C(O)CCCCc1nnc(-c2csc3ccccc23)o1. The molecular formula is C15H14N2O3S. The van der Waals surface area contributed by atoms with Crippen LogP contribution in [0.15, 0.2) is 34.1 Å². The van der Waals surface area contributed by atoms with Gasteiger partial charge in [-0.2, -0.15) is 0 Å². The molecule has 6 heteroatoms. The number of fused-ring (bicyclic) bond motifs is 1.